The number of hydrogen-bond donors (Lipinski definition) is 2. The summed E-state index contributed by atoms with van der Waals surface area (Å²) in [6.07, 6.45) is 1.99. The van der Waals surface area contributed by atoms with Crippen molar-refractivity contribution in [2.75, 3.05) is 19.8 Å². The van der Waals surface area contributed by atoms with E-state index in [2.05, 4.69) is 20.6 Å². The molecule has 0 amide bonds. The van der Waals surface area contributed by atoms with Crippen molar-refractivity contribution < 1.29 is 8.42 Å². The number of rotatable bonds is 6. The second-order valence-electron chi connectivity index (χ2n) is 5.38. The van der Waals surface area contributed by atoms with Gasteiger partial charge < -0.3 is 10.6 Å². The lowest BCUT2D eigenvalue weighted by atomic mass is 10.1. The van der Waals surface area contributed by atoms with E-state index in [1.54, 1.807) is 30.5 Å². The van der Waals surface area contributed by atoms with Gasteiger partial charge in [0.25, 0.3) is 0 Å². The zero-order chi connectivity index (χ0) is 17.6. The van der Waals surface area contributed by atoms with Crippen molar-refractivity contribution in [2.24, 2.45) is 4.99 Å². The molecule has 6 nitrogen and oxygen atoms in total. The fraction of sp³-hybridized carbons (Fsp3) is 0.375. The number of halogens is 1. The lowest BCUT2D eigenvalue weighted by Crippen LogP contribution is -2.37. The van der Waals surface area contributed by atoms with Crippen LogP contribution >= 0.6 is 35.3 Å². The fourth-order valence-corrected chi connectivity index (χ4v) is 3.46. The molecule has 1 aromatic heterocycles. The molecule has 1 aromatic carbocycles. The summed E-state index contributed by atoms with van der Waals surface area (Å²) in [6.45, 7) is 3.39. The van der Waals surface area contributed by atoms with Crippen molar-refractivity contribution in [3.8, 4) is 0 Å². The van der Waals surface area contributed by atoms with Crippen LogP contribution in [0.15, 0.2) is 39.7 Å². The molecule has 0 bridgehead atoms. The zero-order valence-corrected chi connectivity index (χ0v) is 18.4. The zero-order valence-electron chi connectivity index (χ0n) is 14.4. The quantitative estimate of drug-likeness (QED) is 0.366. The molecule has 0 aliphatic rings. The van der Waals surface area contributed by atoms with Crippen LogP contribution in [0, 0.1) is 6.92 Å². The number of hydrogen-bond acceptors (Lipinski definition) is 5. The molecule has 0 fully saturated rings. The van der Waals surface area contributed by atoms with E-state index in [1.165, 1.54) is 11.1 Å². The Morgan fingerprint density at radius 3 is 2.44 bits per heavy atom. The minimum Gasteiger partial charge on any atom is -0.356 e. The van der Waals surface area contributed by atoms with Crippen LogP contribution in [0.3, 0.4) is 0 Å². The van der Waals surface area contributed by atoms with Crippen LogP contribution in [0.25, 0.3) is 0 Å². The number of nitrogens with one attached hydrogen (secondary N) is 2. The Bertz CT molecular complexity index is 802. The van der Waals surface area contributed by atoms with E-state index in [0.29, 0.717) is 18.0 Å². The van der Waals surface area contributed by atoms with Crippen molar-refractivity contribution in [1.82, 2.24) is 15.6 Å². The first kappa shape index (κ1) is 21.8. The normalized spacial score (nSPS) is 11.7. The molecule has 0 unspecified atom stereocenters. The van der Waals surface area contributed by atoms with Gasteiger partial charge in [0.05, 0.1) is 22.6 Å². The number of benzene rings is 1. The predicted molar refractivity (Wildman–Crippen MR) is 114 cm³/mol. The molecule has 9 heteroatoms. The van der Waals surface area contributed by atoms with Gasteiger partial charge in [-0.1, -0.05) is 12.1 Å². The molecule has 138 valence electrons. The van der Waals surface area contributed by atoms with Crippen molar-refractivity contribution in [3.63, 3.8) is 0 Å². The third kappa shape index (κ3) is 6.90. The first-order valence-corrected chi connectivity index (χ1v) is 10.3. The van der Waals surface area contributed by atoms with Gasteiger partial charge in [0.1, 0.15) is 0 Å². The number of sulfone groups is 1. The van der Waals surface area contributed by atoms with Crippen LogP contribution in [0.2, 0.25) is 0 Å². The van der Waals surface area contributed by atoms with Crippen LogP contribution in [0.5, 0.6) is 0 Å². The molecule has 1 heterocycles. The topological polar surface area (TPSA) is 83.5 Å². The fourth-order valence-electron chi connectivity index (χ4n) is 2.11. The molecule has 0 radical (unpaired) electrons. The minimum atomic E-state index is -3.14. The SMILES string of the molecule is CN=C(NCCc1ccc(S(C)(=O)=O)cc1)NCc1scnc1C.I. The van der Waals surface area contributed by atoms with Crippen molar-refractivity contribution >= 4 is 51.1 Å². The Labute approximate surface area is 170 Å². The van der Waals surface area contributed by atoms with Crippen LogP contribution in [-0.4, -0.2) is 39.2 Å². The van der Waals surface area contributed by atoms with Gasteiger partial charge in [-0.25, -0.2) is 13.4 Å². The minimum absolute atomic E-state index is 0. The lowest BCUT2D eigenvalue weighted by molar-refractivity contribution is 0.602. The summed E-state index contributed by atoms with van der Waals surface area (Å²) >= 11 is 1.62. The molecule has 2 rings (SSSR count). The summed E-state index contributed by atoms with van der Waals surface area (Å²) in [6, 6.07) is 6.97. The molecule has 2 N–H and O–H groups in total. The van der Waals surface area contributed by atoms with Gasteiger partial charge >= 0.3 is 0 Å². The van der Waals surface area contributed by atoms with E-state index in [0.717, 1.165) is 23.6 Å². The van der Waals surface area contributed by atoms with E-state index >= 15 is 0 Å². The molecule has 2 aromatic rings. The van der Waals surface area contributed by atoms with Gasteiger partial charge in [0, 0.05) is 24.7 Å². The molecule has 0 saturated carbocycles. The smallest absolute Gasteiger partial charge is 0.191 e. The summed E-state index contributed by atoms with van der Waals surface area (Å²) in [5.41, 5.74) is 3.94. The highest BCUT2D eigenvalue weighted by Crippen LogP contribution is 2.11. The Balaban J connectivity index is 0.00000312. The molecular weight excluding hydrogens is 471 g/mol. The van der Waals surface area contributed by atoms with Gasteiger partial charge in [-0.2, -0.15) is 0 Å². The van der Waals surface area contributed by atoms with E-state index in [-0.39, 0.29) is 24.0 Å². The molecule has 0 spiro atoms. The van der Waals surface area contributed by atoms with E-state index in [1.807, 2.05) is 24.6 Å². The van der Waals surface area contributed by atoms with Crippen LogP contribution in [-0.2, 0) is 22.8 Å². The number of thiazole rings is 1. The summed E-state index contributed by atoms with van der Waals surface area (Å²) < 4.78 is 22.9. The average Bonchev–Trinajstić information content (AvgIpc) is 2.95. The maximum absolute atomic E-state index is 11.4. The lowest BCUT2D eigenvalue weighted by Gasteiger charge is -2.11. The Morgan fingerprint density at radius 2 is 1.92 bits per heavy atom. The number of aryl methyl sites for hydroxylation is 1. The average molecular weight is 494 g/mol. The maximum Gasteiger partial charge on any atom is 0.191 e. The van der Waals surface area contributed by atoms with E-state index < -0.39 is 9.84 Å². The summed E-state index contributed by atoms with van der Waals surface area (Å²) in [5.74, 6) is 0.732. The third-order valence-corrected chi connectivity index (χ3v) is 5.61. The van der Waals surface area contributed by atoms with Crippen LogP contribution in [0.4, 0.5) is 0 Å². The summed E-state index contributed by atoms with van der Waals surface area (Å²) in [4.78, 5) is 9.95. The first-order valence-electron chi connectivity index (χ1n) is 7.52. The monoisotopic (exact) mass is 494 g/mol. The molecule has 0 atom stereocenters. The molecule has 0 aliphatic heterocycles. The van der Waals surface area contributed by atoms with Crippen LogP contribution < -0.4 is 10.6 Å². The number of aromatic nitrogens is 1. The predicted octanol–water partition coefficient (Wildman–Crippen LogP) is 2.38. The van der Waals surface area contributed by atoms with E-state index in [4.69, 9.17) is 0 Å². The molecule has 0 saturated heterocycles. The Kier molecular flexibility index (Phi) is 8.80. The first-order chi connectivity index (χ1) is 11.4. The molecular formula is C16H23IN4O2S2. The highest BCUT2D eigenvalue weighted by Gasteiger charge is 2.06. The number of aliphatic imine (C=N–C) groups is 1. The maximum atomic E-state index is 11.4. The largest absolute Gasteiger partial charge is 0.356 e. The highest BCUT2D eigenvalue weighted by atomic mass is 127. The number of guanidine groups is 1. The highest BCUT2D eigenvalue weighted by molar-refractivity contribution is 14.0. The van der Waals surface area contributed by atoms with Gasteiger partial charge in [0.2, 0.25) is 0 Å². The van der Waals surface area contributed by atoms with Crippen molar-refractivity contribution in [1.29, 1.82) is 0 Å². The molecule has 25 heavy (non-hydrogen) atoms. The third-order valence-electron chi connectivity index (χ3n) is 3.54. The summed E-state index contributed by atoms with van der Waals surface area (Å²) in [5, 5.41) is 6.51. The number of nitrogens with zero attached hydrogens (tertiary/aromatic N) is 2. The van der Waals surface area contributed by atoms with Gasteiger partial charge in [-0.15, -0.1) is 35.3 Å². The van der Waals surface area contributed by atoms with E-state index in [9.17, 15) is 8.42 Å². The van der Waals surface area contributed by atoms with Crippen LogP contribution in [0.1, 0.15) is 16.1 Å². The molecule has 0 aliphatic carbocycles. The Morgan fingerprint density at radius 1 is 1.24 bits per heavy atom. The second-order valence-corrected chi connectivity index (χ2v) is 8.33. The standard InChI is InChI=1S/C16H22N4O2S2.HI/c1-12-15(23-11-20-12)10-19-16(17-2)18-9-8-13-4-6-14(7-5-13)24(3,21)22;/h4-7,11H,8-10H2,1-3H3,(H2,17,18,19);1H. The van der Waals surface area contributed by atoms with Crippen molar-refractivity contribution in [3.05, 3.63) is 45.9 Å². The van der Waals surface area contributed by atoms with Gasteiger partial charge in [0.15, 0.2) is 15.8 Å². The summed E-state index contributed by atoms with van der Waals surface area (Å²) in [7, 11) is -1.41. The van der Waals surface area contributed by atoms with Crippen molar-refractivity contribution in [2.45, 2.75) is 24.8 Å². The Hall–Kier alpha value is -1.20. The van der Waals surface area contributed by atoms with Gasteiger partial charge in [-0.05, 0) is 31.0 Å². The van der Waals surface area contributed by atoms with Gasteiger partial charge in [-0.3, -0.25) is 4.99 Å². The second kappa shape index (κ2) is 10.1.